The predicted octanol–water partition coefficient (Wildman–Crippen LogP) is 1.41. The molecule has 1 N–H and O–H groups in total. The molecule has 1 saturated heterocycles. The first-order valence-corrected chi connectivity index (χ1v) is 14.0. The number of nitrogens with one attached hydrogen (secondary N) is 1. The summed E-state index contributed by atoms with van der Waals surface area (Å²) in [6, 6.07) is 1.47. The fraction of sp³-hybridized carbons (Fsp3) is 0.583. The van der Waals surface area contributed by atoms with Crippen LogP contribution in [-0.2, 0) is 28.2 Å². The summed E-state index contributed by atoms with van der Waals surface area (Å²) in [5, 5.41) is 4.29. The molecule has 0 radical (unpaired) electrons. The van der Waals surface area contributed by atoms with E-state index < -0.39 is 15.6 Å². The lowest BCUT2D eigenvalue weighted by molar-refractivity contribution is 0.0893. The van der Waals surface area contributed by atoms with Crippen LogP contribution in [-0.4, -0.2) is 94.9 Å². The lowest BCUT2D eigenvalue weighted by atomic mass is 10.2. The van der Waals surface area contributed by atoms with E-state index >= 15 is 0 Å². The van der Waals surface area contributed by atoms with Gasteiger partial charge in [-0.15, -0.1) is 0 Å². The van der Waals surface area contributed by atoms with Gasteiger partial charge in [0, 0.05) is 40.3 Å². The van der Waals surface area contributed by atoms with Crippen LogP contribution in [0.25, 0.3) is 22.4 Å². The Bertz CT molecular complexity index is 1410. The van der Waals surface area contributed by atoms with Crippen LogP contribution in [0.4, 0.5) is 0 Å². The minimum atomic E-state index is -3.82. The highest BCUT2D eigenvalue weighted by Crippen LogP contribution is 2.31. The number of ether oxygens (including phenoxy) is 2. The van der Waals surface area contributed by atoms with Crippen molar-refractivity contribution in [2.75, 3.05) is 46.4 Å². The zero-order valence-electron chi connectivity index (χ0n) is 22.0. The zero-order chi connectivity index (χ0) is 26.7. The lowest BCUT2D eigenvalue weighted by Gasteiger charge is -2.33. The third-order valence-electron chi connectivity index (χ3n) is 6.45. The summed E-state index contributed by atoms with van der Waals surface area (Å²) < 4.78 is 41.4. The van der Waals surface area contributed by atoms with Crippen LogP contribution < -0.4 is 10.3 Å². The van der Waals surface area contributed by atoms with Crippen molar-refractivity contribution in [2.45, 2.75) is 44.6 Å². The van der Waals surface area contributed by atoms with E-state index in [0.717, 1.165) is 18.7 Å². The predicted molar refractivity (Wildman–Crippen MR) is 139 cm³/mol. The summed E-state index contributed by atoms with van der Waals surface area (Å²) in [4.78, 5) is 27.0. The number of aromatic amines is 1. The maximum Gasteiger partial charge on any atom is 0.279 e. The molecule has 4 heterocycles. The molecule has 1 aliphatic heterocycles. The van der Waals surface area contributed by atoms with Crippen molar-refractivity contribution in [3.63, 3.8) is 0 Å². The average molecular weight is 534 g/mol. The Morgan fingerprint density at radius 3 is 2.54 bits per heavy atom. The van der Waals surface area contributed by atoms with Gasteiger partial charge in [0.15, 0.2) is 5.52 Å². The van der Waals surface area contributed by atoms with E-state index in [9.17, 15) is 13.2 Å². The number of aromatic nitrogens is 5. The normalized spacial score (nSPS) is 16.4. The summed E-state index contributed by atoms with van der Waals surface area (Å²) in [6.45, 7) is 9.27. The number of nitrogens with zero attached hydrogens (tertiary/aromatic N) is 6. The lowest BCUT2D eigenvalue weighted by Crippen LogP contribution is -2.48. The smallest absolute Gasteiger partial charge is 0.279 e. The van der Waals surface area contributed by atoms with Gasteiger partial charge >= 0.3 is 0 Å². The summed E-state index contributed by atoms with van der Waals surface area (Å²) in [7, 11) is -0.499. The first-order chi connectivity index (χ1) is 17.7. The highest BCUT2D eigenvalue weighted by atomic mass is 32.2. The number of pyridine rings is 1. The topological polar surface area (TPSA) is 136 Å². The SMILES string of the molecule is CCCN1CCN(S(=O)(=O)c2cnc(O[C@H](C)COC)c(-c3nc4c(CC)n(C)nc4c(=O)[nH]3)c2)CC1. The fourth-order valence-corrected chi connectivity index (χ4v) is 6.00. The van der Waals surface area contributed by atoms with Crippen molar-refractivity contribution >= 4 is 21.1 Å². The van der Waals surface area contributed by atoms with Gasteiger partial charge in [-0.1, -0.05) is 13.8 Å². The van der Waals surface area contributed by atoms with E-state index in [1.807, 2.05) is 13.8 Å². The molecule has 0 aromatic carbocycles. The Morgan fingerprint density at radius 2 is 1.89 bits per heavy atom. The van der Waals surface area contributed by atoms with Gasteiger partial charge in [-0.05, 0) is 32.4 Å². The third-order valence-corrected chi connectivity index (χ3v) is 8.31. The number of piperazine rings is 1. The number of aryl methyl sites for hydroxylation is 2. The van der Waals surface area contributed by atoms with Gasteiger partial charge in [-0.2, -0.15) is 9.40 Å². The second-order valence-electron chi connectivity index (χ2n) is 9.19. The molecule has 4 rings (SSSR count). The van der Waals surface area contributed by atoms with Gasteiger partial charge in [0.2, 0.25) is 15.9 Å². The van der Waals surface area contributed by atoms with Crippen LogP contribution in [0.5, 0.6) is 5.88 Å². The molecule has 0 bridgehead atoms. The molecule has 0 amide bonds. The summed E-state index contributed by atoms with van der Waals surface area (Å²) in [5.74, 6) is 0.317. The largest absolute Gasteiger partial charge is 0.472 e. The molecule has 37 heavy (non-hydrogen) atoms. The minimum absolute atomic E-state index is 0.0165. The highest BCUT2D eigenvalue weighted by Gasteiger charge is 2.30. The highest BCUT2D eigenvalue weighted by molar-refractivity contribution is 7.89. The van der Waals surface area contributed by atoms with Crippen LogP contribution in [0, 0.1) is 0 Å². The van der Waals surface area contributed by atoms with Crippen molar-refractivity contribution < 1.29 is 17.9 Å². The number of hydrogen-bond donors (Lipinski definition) is 1. The van der Waals surface area contributed by atoms with Crippen molar-refractivity contribution in [3.05, 3.63) is 28.3 Å². The quantitative estimate of drug-likeness (QED) is 0.410. The Kier molecular flexibility index (Phi) is 8.26. The molecular weight excluding hydrogens is 498 g/mol. The van der Waals surface area contributed by atoms with Gasteiger partial charge in [0.25, 0.3) is 5.56 Å². The molecule has 0 unspecified atom stereocenters. The third kappa shape index (κ3) is 5.54. The molecule has 1 fully saturated rings. The van der Waals surface area contributed by atoms with E-state index in [4.69, 9.17) is 9.47 Å². The monoisotopic (exact) mass is 533 g/mol. The molecule has 0 saturated carbocycles. The van der Waals surface area contributed by atoms with E-state index in [0.29, 0.717) is 44.7 Å². The molecule has 1 aliphatic rings. The Morgan fingerprint density at radius 1 is 1.16 bits per heavy atom. The van der Waals surface area contributed by atoms with Crippen molar-refractivity contribution in [2.24, 2.45) is 7.05 Å². The molecule has 202 valence electrons. The standard InChI is InChI=1S/C24H35N7O5S/c1-6-8-30-9-11-31(12-10-30)37(33,34)17-13-18(24(25-14-17)36-16(3)15-35-5)22-26-20-19(7-2)29(4)28-21(20)23(32)27-22/h13-14,16H,6-12,15H2,1-5H3,(H,26,27,32)/t16-/m1/s1. The van der Waals surface area contributed by atoms with E-state index in [-0.39, 0.29) is 33.8 Å². The van der Waals surface area contributed by atoms with E-state index in [2.05, 4.69) is 31.9 Å². The maximum absolute atomic E-state index is 13.6. The van der Waals surface area contributed by atoms with Gasteiger partial charge < -0.3 is 19.4 Å². The summed E-state index contributed by atoms with van der Waals surface area (Å²) >= 11 is 0. The molecule has 3 aromatic rings. The van der Waals surface area contributed by atoms with E-state index in [1.165, 1.54) is 16.6 Å². The molecule has 0 aliphatic carbocycles. The van der Waals surface area contributed by atoms with Crippen LogP contribution in [0.1, 0.15) is 32.9 Å². The maximum atomic E-state index is 13.6. The number of methoxy groups -OCH3 is 1. The van der Waals surface area contributed by atoms with E-state index in [1.54, 1.807) is 18.8 Å². The van der Waals surface area contributed by atoms with Crippen LogP contribution in [0.2, 0.25) is 0 Å². The average Bonchev–Trinajstić information content (AvgIpc) is 3.20. The van der Waals surface area contributed by atoms with Crippen molar-refractivity contribution in [1.29, 1.82) is 0 Å². The molecule has 0 spiro atoms. The van der Waals surface area contributed by atoms with Crippen LogP contribution in [0.3, 0.4) is 0 Å². The van der Waals surface area contributed by atoms with Gasteiger partial charge in [0.1, 0.15) is 22.3 Å². The zero-order valence-corrected chi connectivity index (χ0v) is 22.8. The van der Waals surface area contributed by atoms with Crippen molar-refractivity contribution in [3.8, 4) is 17.3 Å². The number of hydrogen-bond acceptors (Lipinski definition) is 9. The number of H-pyrrole nitrogens is 1. The summed E-state index contributed by atoms with van der Waals surface area (Å²) in [5.41, 5.74) is 1.32. The van der Waals surface area contributed by atoms with Gasteiger partial charge in [-0.25, -0.2) is 18.4 Å². The molecule has 12 nitrogen and oxygen atoms in total. The molecule has 1 atom stereocenters. The Hall–Kier alpha value is -2.87. The van der Waals surface area contributed by atoms with Gasteiger partial charge in [0.05, 0.1) is 24.1 Å². The molecule has 13 heteroatoms. The van der Waals surface area contributed by atoms with Crippen LogP contribution >= 0.6 is 0 Å². The molecule has 3 aromatic heterocycles. The minimum Gasteiger partial charge on any atom is -0.472 e. The molecular formula is C24H35N7O5S. The van der Waals surface area contributed by atoms with Crippen LogP contribution in [0.15, 0.2) is 22.0 Å². The first kappa shape index (κ1) is 27.2. The summed E-state index contributed by atoms with van der Waals surface area (Å²) in [6.07, 6.45) is 2.57. The van der Waals surface area contributed by atoms with Gasteiger partial charge in [-0.3, -0.25) is 9.48 Å². The number of sulfonamides is 1. The Balaban J connectivity index is 1.79. The second-order valence-corrected chi connectivity index (χ2v) is 11.1. The number of fused-ring (bicyclic) bond motifs is 1. The number of rotatable bonds is 10. The fourth-order valence-electron chi connectivity index (χ4n) is 4.60. The Labute approximate surface area is 216 Å². The first-order valence-electron chi connectivity index (χ1n) is 12.5. The van der Waals surface area contributed by atoms with Crippen molar-refractivity contribution in [1.82, 2.24) is 33.9 Å². The second kappa shape index (κ2) is 11.3.